The smallest absolute Gasteiger partial charge is 0.243 e. The number of likely N-dealkylation sites (N-methyl/N-ethyl adjacent to an activating group) is 1. The molecular weight excluding hydrogens is 444 g/mol. The highest BCUT2D eigenvalue weighted by atomic mass is 16.5. The molecule has 2 fully saturated rings. The lowest BCUT2D eigenvalue weighted by Gasteiger charge is -2.31. The zero-order chi connectivity index (χ0) is 24.9. The van der Waals surface area contributed by atoms with Crippen LogP contribution in [-0.4, -0.2) is 67.0 Å². The molecule has 8 heteroatoms. The molecule has 3 amide bonds. The second kappa shape index (κ2) is 11.4. The van der Waals surface area contributed by atoms with Crippen molar-refractivity contribution in [1.29, 1.82) is 0 Å². The van der Waals surface area contributed by atoms with Crippen molar-refractivity contribution in [3.8, 4) is 5.75 Å². The predicted octanol–water partition coefficient (Wildman–Crippen LogP) is 2.02. The van der Waals surface area contributed by atoms with E-state index in [0.717, 1.165) is 49.8 Å². The van der Waals surface area contributed by atoms with Crippen LogP contribution >= 0.6 is 0 Å². The number of amides is 3. The SMILES string of the molecule is C[C@@H]1CN[C@@H](C2CC2)C(=O)N(C)[C@H](C)C(=O)N[C@H](CC2CC2)C(=O)NCCCc2ccccc2O1. The highest BCUT2D eigenvalue weighted by Gasteiger charge is 2.40. The van der Waals surface area contributed by atoms with Gasteiger partial charge in [0, 0.05) is 20.1 Å². The van der Waals surface area contributed by atoms with Gasteiger partial charge < -0.3 is 25.6 Å². The summed E-state index contributed by atoms with van der Waals surface area (Å²) in [5.74, 6) is 1.07. The molecule has 4 atom stereocenters. The van der Waals surface area contributed by atoms with E-state index in [9.17, 15) is 14.4 Å². The minimum absolute atomic E-state index is 0.0907. The highest BCUT2D eigenvalue weighted by molar-refractivity contribution is 5.93. The topological polar surface area (TPSA) is 99.8 Å². The Bertz CT molecular complexity index is 914. The summed E-state index contributed by atoms with van der Waals surface area (Å²) in [6, 6.07) is 6.40. The van der Waals surface area contributed by atoms with Crippen molar-refractivity contribution in [2.24, 2.45) is 11.8 Å². The van der Waals surface area contributed by atoms with Gasteiger partial charge in [-0.3, -0.25) is 14.4 Å². The number of hydrogen-bond donors (Lipinski definition) is 3. The molecule has 2 aliphatic carbocycles. The number of rotatable bonds is 3. The zero-order valence-corrected chi connectivity index (χ0v) is 21.2. The quantitative estimate of drug-likeness (QED) is 0.610. The van der Waals surface area contributed by atoms with Gasteiger partial charge >= 0.3 is 0 Å². The van der Waals surface area contributed by atoms with E-state index in [1.54, 1.807) is 14.0 Å². The summed E-state index contributed by atoms with van der Waals surface area (Å²) in [6.45, 7) is 4.79. The number of nitrogens with one attached hydrogen (secondary N) is 3. The number of carbonyl (C=O) groups excluding carboxylic acids is 3. The summed E-state index contributed by atoms with van der Waals surface area (Å²) in [7, 11) is 1.67. The van der Waals surface area contributed by atoms with E-state index in [2.05, 4.69) is 22.0 Å². The minimum Gasteiger partial charge on any atom is -0.489 e. The molecule has 1 heterocycles. The molecule has 0 aromatic heterocycles. The van der Waals surface area contributed by atoms with Crippen LogP contribution in [0.3, 0.4) is 0 Å². The van der Waals surface area contributed by atoms with Crippen molar-refractivity contribution < 1.29 is 19.1 Å². The molecule has 0 bridgehead atoms. The van der Waals surface area contributed by atoms with Crippen molar-refractivity contribution in [3.63, 3.8) is 0 Å². The number of fused-ring (bicyclic) bond motifs is 1. The number of nitrogens with zero attached hydrogens (tertiary/aromatic N) is 1. The minimum atomic E-state index is -0.667. The van der Waals surface area contributed by atoms with Crippen LogP contribution in [0.25, 0.3) is 0 Å². The lowest BCUT2D eigenvalue weighted by Crippen LogP contribution is -2.56. The van der Waals surface area contributed by atoms with Gasteiger partial charge in [-0.1, -0.05) is 31.0 Å². The molecule has 0 spiro atoms. The normalized spacial score (nSPS) is 29.8. The molecule has 0 unspecified atom stereocenters. The Hall–Kier alpha value is -2.61. The first-order valence-corrected chi connectivity index (χ1v) is 13.2. The monoisotopic (exact) mass is 484 g/mol. The summed E-state index contributed by atoms with van der Waals surface area (Å²) in [6.07, 6.45) is 6.26. The first kappa shape index (κ1) is 25.5. The third kappa shape index (κ3) is 6.97. The van der Waals surface area contributed by atoms with Crippen molar-refractivity contribution in [2.45, 2.75) is 83.0 Å². The molecule has 35 heavy (non-hydrogen) atoms. The summed E-state index contributed by atoms with van der Waals surface area (Å²) >= 11 is 0. The number of benzene rings is 1. The largest absolute Gasteiger partial charge is 0.489 e. The fourth-order valence-electron chi connectivity index (χ4n) is 4.67. The molecule has 0 radical (unpaired) electrons. The summed E-state index contributed by atoms with van der Waals surface area (Å²) < 4.78 is 6.24. The maximum Gasteiger partial charge on any atom is 0.243 e. The third-order valence-electron chi connectivity index (χ3n) is 7.41. The number of carbonyl (C=O) groups is 3. The van der Waals surface area contributed by atoms with E-state index in [1.165, 1.54) is 4.90 Å². The zero-order valence-electron chi connectivity index (χ0n) is 21.2. The van der Waals surface area contributed by atoms with Crippen molar-refractivity contribution >= 4 is 17.7 Å². The summed E-state index contributed by atoms with van der Waals surface area (Å²) in [5, 5.41) is 9.37. The predicted molar refractivity (Wildman–Crippen MR) is 134 cm³/mol. The van der Waals surface area contributed by atoms with Crippen LogP contribution in [0.15, 0.2) is 24.3 Å². The maximum atomic E-state index is 13.4. The molecule has 4 rings (SSSR count). The van der Waals surface area contributed by atoms with Gasteiger partial charge in [0.1, 0.15) is 23.9 Å². The molecular formula is C27H40N4O4. The second-order valence-electron chi connectivity index (χ2n) is 10.5. The van der Waals surface area contributed by atoms with Crippen molar-refractivity contribution in [1.82, 2.24) is 20.9 Å². The van der Waals surface area contributed by atoms with Crippen LogP contribution in [-0.2, 0) is 20.8 Å². The molecule has 1 aromatic rings. The van der Waals surface area contributed by atoms with E-state index >= 15 is 0 Å². The Labute approximate surface area is 208 Å². The summed E-state index contributed by atoms with van der Waals surface area (Å²) in [5.41, 5.74) is 1.10. The Balaban J connectivity index is 1.53. The molecule has 8 nitrogen and oxygen atoms in total. The van der Waals surface area contributed by atoms with Crippen LogP contribution in [0.2, 0.25) is 0 Å². The molecule has 1 aliphatic heterocycles. The fourth-order valence-corrected chi connectivity index (χ4v) is 4.67. The van der Waals surface area contributed by atoms with E-state index in [0.29, 0.717) is 25.4 Å². The van der Waals surface area contributed by atoms with Crippen LogP contribution in [0.1, 0.15) is 57.9 Å². The van der Waals surface area contributed by atoms with Gasteiger partial charge in [0.25, 0.3) is 0 Å². The molecule has 2 saturated carbocycles. The number of ether oxygens (including phenoxy) is 1. The standard InChI is InChI=1S/C27H40N4O4/c1-17-16-29-24(21-12-13-21)27(34)31(3)18(2)25(32)30-22(15-19-10-11-19)26(33)28-14-6-8-20-7-4-5-9-23(20)35-17/h4-5,7,9,17-19,21-22,24,29H,6,8,10-16H2,1-3H3,(H,28,33)(H,30,32)/t17-,18-,22-,24+/m1/s1. The first-order valence-electron chi connectivity index (χ1n) is 13.2. The highest BCUT2D eigenvalue weighted by Crippen LogP contribution is 2.34. The van der Waals surface area contributed by atoms with Crippen LogP contribution < -0.4 is 20.7 Å². The molecule has 1 aromatic carbocycles. The average molecular weight is 485 g/mol. The van der Waals surface area contributed by atoms with Gasteiger partial charge in [0.05, 0.1) is 6.04 Å². The fraction of sp³-hybridized carbons (Fsp3) is 0.667. The Morgan fingerprint density at radius 2 is 1.77 bits per heavy atom. The Kier molecular flexibility index (Phi) is 8.31. The average Bonchev–Trinajstić information content (AvgIpc) is 3.76. The van der Waals surface area contributed by atoms with Crippen LogP contribution in [0, 0.1) is 11.8 Å². The second-order valence-corrected chi connectivity index (χ2v) is 10.5. The Morgan fingerprint density at radius 3 is 2.49 bits per heavy atom. The maximum absolute atomic E-state index is 13.4. The van der Waals surface area contributed by atoms with E-state index < -0.39 is 12.1 Å². The number of hydrogen-bond acceptors (Lipinski definition) is 5. The molecule has 3 aliphatic rings. The van der Waals surface area contributed by atoms with Crippen LogP contribution in [0.5, 0.6) is 5.75 Å². The first-order chi connectivity index (χ1) is 16.8. The van der Waals surface area contributed by atoms with Gasteiger partial charge in [-0.15, -0.1) is 0 Å². The molecule has 192 valence electrons. The van der Waals surface area contributed by atoms with Gasteiger partial charge in [0.15, 0.2) is 0 Å². The lowest BCUT2D eigenvalue weighted by molar-refractivity contribution is -0.141. The van der Waals surface area contributed by atoms with Crippen molar-refractivity contribution in [3.05, 3.63) is 29.8 Å². The van der Waals surface area contributed by atoms with E-state index in [1.807, 2.05) is 25.1 Å². The van der Waals surface area contributed by atoms with E-state index in [-0.39, 0.29) is 35.8 Å². The number of para-hydroxylation sites is 1. The van der Waals surface area contributed by atoms with Crippen LogP contribution in [0.4, 0.5) is 0 Å². The van der Waals surface area contributed by atoms with Gasteiger partial charge in [0.2, 0.25) is 17.7 Å². The van der Waals surface area contributed by atoms with Gasteiger partial charge in [-0.2, -0.15) is 0 Å². The van der Waals surface area contributed by atoms with E-state index in [4.69, 9.17) is 4.74 Å². The van der Waals surface area contributed by atoms with Gasteiger partial charge in [-0.25, -0.2) is 0 Å². The molecule has 3 N–H and O–H groups in total. The van der Waals surface area contributed by atoms with Crippen molar-refractivity contribution in [2.75, 3.05) is 20.1 Å². The third-order valence-corrected chi connectivity index (χ3v) is 7.41. The Morgan fingerprint density at radius 1 is 1.03 bits per heavy atom. The summed E-state index contributed by atoms with van der Waals surface area (Å²) in [4.78, 5) is 40.9. The lowest BCUT2D eigenvalue weighted by atomic mass is 10.1. The number of aryl methyl sites for hydroxylation is 1. The van der Waals surface area contributed by atoms with Gasteiger partial charge in [-0.05, 0) is 69.4 Å². The molecule has 0 saturated heterocycles.